The Balaban J connectivity index is 0.00000192. The maximum Gasteiger partial charge on any atom is 0.223 e. The third-order valence-electron chi connectivity index (χ3n) is 4.99. The first-order valence-corrected chi connectivity index (χ1v) is 8.24. The lowest BCUT2D eigenvalue weighted by Gasteiger charge is -2.17. The second-order valence-corrected chi connectivity index (χ2v) is 6.39. The molecule has 1 aliphatic rings. The molecule has 0 aliphatic heterocycles. The Hall–Kier alpha value is -1.52. The van der Waals surface area contributed by atoms with Crippen LogP contribution in [-0.2, 0) is 11.2 Å². The highest BCUT2D eigenvalue weighted by Gasteiger charge is 2.31. The van der Waals surface area contributed by atoms with Crippen LogP contribution < -0.4 is 11.1 Å². The van der Waals surface area contributed by atoms with E-state index in [-0.39, 0.29) is 24.2 Å². The highest BCUT2D eigenvalue weighted by molar-refractivity contribution is 5.86. The monoisotopic (exact) mass is 335 g/mol. The number of aryl methyl sites for hydroxylation is 1. The fourth-order valence-corrected chi connectivity index (χ4v) is 3.76. The summed E-state index contributed by atoms with van der Waals surface area (Å²) in [6.07, 6.45) is 6.12. The molecule has 23 heavy (non-hydrogen) atoms. The normalized spacial score (nSPS) is 20.4. The van der Waals surface area contributed by atoms with Gasteiger partial charge in [-0.3, -0.25) is 4.79 Å². The number of hydrogen-bond acceptors (Lipinski definition) is 2. The van der Waals surface area contributed by atoms with Crippen LogP contribution >= 0.6 is 12.4 Å². The SMILES string of the molecule is Cc1cccc2[nH]cc(CCNC(=O)[C@@H]3CCC[C@@H]3CN)c12.Cl. The van der Waals surface area contributed by atoms with Crippen LogP contribution in [0.3, 0.4) is 0 Å². The minimum atomic E-state index is 0. The van der Waals surface area contributed by atoms with Crippen molar-refractivity contribution < 1.29 is 4.79 Å². The van der Waals surface area contributed by atoms with Gasteiger partial charge >= 0.3 is 0 Å². The molecule has 1 saturated carbocycles. The van der Waals surface area contributed by atoms with E-state index in [0.29, 0.717) is 19.0 Å². The summed E-state index contributed by atoms with van der Waals surface area (Å²) in [5, 5.41) is 4.39. The van der Waals surface area contributed by atoms with E-state index in [9.17, 15) is 4.79 Å². The number of hydrogen-bond donors (Lipinski definition) is 3. The van der Waals surface area contributed by atoms with E-state index in [1.807, 2.05) is 0 Å². The first-order chi connectivity index (χ1) is 10.7. The Morgan fingerprint density at radius 3 is 3.00 bits per heavy atom. The van der Waals surface area contributed by atoms with Gasteiger partial charge in [0.25, 0.3) is 0 Å². The Labute approximate surface area is 143 Å². The molecule has 4 N–H and O–H groups in total. The summed E-state index contributed by atoms with van der Waals surface area (Å²) in [7, 11) is 0. The number of fused-ring (bicyclic) bond motifs is 1. The third-order valence-corrected chi connectivity index (χ3v) is 4.99. The van der Waals surface area contributed by atoms with Crippen molar-refractivity contribution in [2.75, 3.05) is 13.1 Å². The molecular weight excluding hydrogens is 310 g/mol. The van der Waals surface area contributed by atoms with E-state index in [1.165, 1.54) is 22.0 Å². The van der Waals surface area contributed by atoms with Crippen LogP contribution in [0.25, 0.3) is 10.9 Å². The zero-order valence-corrected chi connectivity index (χ0v) is 14.4. The van der Waals surface area contributed by atoms with Crippen molar-refractivity contribution in [3.05, 3.63) is 35.5 Å². The van der Waals surface area contributed by atoms with Gasteiger partial charge in [-0.1, -0.05) is 18.6 Å². The van der Waals surface area contributed by atoms with Gasteiger partial charge in [0, 0.05) is 29.6 Å². The first-order valence-electron chi connectivity index (χ1n) is 8.24. The maximum atomic E-state index is 12.3. The maximum absolute atomic E-state index is 12.3. The topological polar surface area (TPSA) is 70.9 Å². The molecular formula is C18H26ClN3O. The number of halogens is 1. The lowest BCUT2D eigenvalue weighted by Crippen LogP contribution is -2.36. The molecule has 2 aromatic rings. The van der Waals surface area contributed by atoms with Gasteiger partial charge in [0.2, 0.25) is 5.91 Å². The van der Waals surface area contributed by atoms with E-state index in [0.717, 1.165) is 25.7 Å². The van der Waals surface area contributed by atoms with Crippen molar-refractivity contribution in [3.63, 3.8) is 0 Å². The van der Waals surface area contributed by atoms with Gasteiger partial charge in [-0.2, -0.15) is 0 Å². The number of benzene rings is 1. The van der Waals surface area contributed by atoms with Crippen LogP contribution in [0.1, 0.15) is 30.4 Å². The van der Waals surface area contributed by atoms with Gasteiger partial charge in [0.1, 0.15) is 0 Å². The number of aromatic amines is 1. The number of rotatable bonds is 5. The molecule has 1 aromatic carbocycles. The summed E-state index contributed by atoms with van der Waals surface area (Å²) in [5.41, 5.74) is 9.48. The van der Waals surface area contributed by atoms with Crippen LogP contribution in [0.2, 0.25) is 0 Å². The standard InChI is InChI=1S/C18H25N3O.ClH/c1-12-4-2-7-16-17(12)14(11-21-16)8-9-20-18(22)15-6-3-5-13(15)10-19;/h2,4,7,11,13,15,21H,3,5-6,8-10,19H2,1H3,(H,20,22);1H/t13-,15-;/m1./s1. The number of carbonyl (C=O) groups is 1. The van der Waals surface area contributed by atoms with Gasteiger partial charge in [-0.05, 0) is 55.8 Å². The average molecular weight is 336 g/mol. The molecule has 2 atom stereocenters. The Morgan fingerprint density at radius 2 is 2.22 bits per heavy atom. The minimum absolute atomic E-state index is 0. The van der Waals surface area contributed by atoms with Crippen LogP contribution in [0, 0.1) is 18.8 Å². The lowest BCUT2D eigenvalue weighted by atomic mass is 9.95. The van der Waals surface area contributed by atoms with Crippen LogP contribution in [0.4, 0.5) is 0 Å². The molecule has 0 radical (unpaired) electrons. The molecule has 0 bridgehead atoms. The molecule has 4 nitrogen and oxygen atoms in total. The van der Waals surface area contributed by atoms with Gasteiger partial charge in [-0.15, -0.1) is 12.4 Å². The number of carbonyl (C=O) groups excluding carboxylic acids is 1. The van der Waals surface area contributed by atoms with Crippen LogP contribution in [-0.4, -0.2) is 24.0 Å². The Kier molecular flexibility index (Phi) is 6.08. The molecule has 5 heteroatoms. The molecule has 1 aliphatic carbocycles. The van der Waals surface area contributed by atoms with Gasteiger partial charge in [0.15, 0.2) is 0 Å². The smallest absolute Gasteiger partial charge is 0.223 e. The van der Waals surface area contributed by atoms with Gasteiger partial charge in [-0.25, -0.2) is 0 Å². The number of aromatic nitrogens is 1. The molecule has 1 amide bonds. The number of H-pyrrole nitrogens is 1. The predicted molar refractivity (Wildman–Crippen MR) is 96.9 cm³/mol. The van der Waals surface area contributed by atoms with E-state index >= 15 is 0 Å². The minimum Gasteiger partial charge on any atom is -0.361 e. The fourth-order valence-electron chi connectivity index (χ4n) is 3.76. The Morgan fingerprint density at radius 1 is 1.39 bits per heavy atom. The largest absolute Gasteiger partial charge is 0.361 e. The van der Waals surface area contributed by atoms with Crippen molar-refractivity contribution in [1.82, 2.24) is 10.3 Å². The summed E-state index contributed by atoms with van der Waals surface area (Å²) in [4.78, 5) is 15.6. The number of amides is 1. The molecule has 0 unspecified atom stereocenters. The van der Waals surface area contributed by atoms with Crippen molar-refractivity contribution >= 4 is 29.2 Å². The van der Waals surface area contributed by atoms with E-state index in [1.54, 1.807) is 0 Å². The second-order valence-electron chi connectivity index (χ2n) is 6.39. The first kappa shape index (κ1) is 17.8. The molecule has 1 heterocycles. The van der Waals surface area contributed by atoms with Crippen LogP contribution in [0.5, 0.6) is 0 Å². The zero-order valence-electron chi connectivity index (χ0n) is 13.6. The fraction of sp³-hybridized carbons (Fsp3) is 0.500. The summed E-state index contributed by atoms with van der Waals surface area (Å²) < 4.78 is 0. The van der Waals surface area contributed by atoms with E-state index in [4.69, 9.17) is 5.73 Å². The molecule has 0 saturated heterocycles. The van der Waals surface area contributed by atoms with Crippen LogP contribution in [0.15, 0.2) is 24.4 Å². The highest BCUT2D eigenvalue weighted by Crippen LogP contribution is 2.31. The summed E-state index contributed by atoms with van der Waals surface area (Å²) >= 11 is 0. The van der Waals surface area contributed by atoms with E-state index < -0.39 is 0 Å². The molecule has 3 rings (SSSR count). The zero-order chi connectivity index (χ0) is 15.5. The second kappa shape index (κ2) is 7.84. The van der Waals surface area contributed by atoms with Crippen molar-refractivity contribution in [2.45, 2.75) is 32.6 Å². The summed E-state index contributed by atoms with van der Waals surface area (Å²) in [5.74, 6) is 0.676. The molecule has 1 fully saturated rings. The Bertz CT molecular complexity index is 667. The molecule has 0 spiro atoms. The highest BCUT2D eigenvalue weighted by atomic mass is 35.5. The van der Waals surface area contributed by atoms with Gasteiger partial charge in [0.05, 0.1) is 0 Å². The predicted octanol–water partition coefficient (Wildman–Crippen LogP) is 2.93. The number of nitrogens with two attached hydrogens (primary N) is 1. The summed E-state index contributed by atoms with van der Waals surface area (Å²) in [6, 6.07) is 6.28. The lowest BCUT2D eigenvalue weighted by molar-refractivity contribution is -0.125. The van der Waals surface area contributed by atoms with Crippen molar-refractivity contribution in [3.8, 4) is 0 Å². The average Bonchev–Trinajstić information content (AvgIpc) is 3.14. The molecule has 1 aromatic heterocycles. The van der Waals surface area contributed by atoms with Crippen molar-refractivity contribution in [1.29, 1.82) is 0 Å². The quantitative estimate of drug-likeness (QED) is 0.786. The molecule has 126 valence electrons. The van der Waals surface area contributed by atoms with Crippen molar-refractivity contribution in [2.24, 2.45) is 17.6 Å². The van der Waals surface area contributed by atoms with Gasteiger partial charge < -0.3 is 16.0 Å². The number of nitrogens with one attached hydrogen (secondary N) is 2. The summed E-state index contributed by atoms with van der Waals surface area (Å²) in [6.45, 7) is 3.44. The third kappa shape index (κ3) is 3.70. The van der Waals surface area contributed by atoms with E-state index in [2.05, 4.69) is 41.6 Å².